The lowest BCUT2D eigenvalue weighted by atomic mass is 9.95. The molecule has 0 fully saturated rings. The molecule has 0 saturated carbocycles. The summed E-state index contributed by atoms with van der Waals surface area (Å²) in [7, 11) is 0. The number of hydrogen-bond donors (Lipinski definition) is 3. The van der Waals surface area contributed by atoms with Crippen LogP contribution in [0.5, 0.6) is 0 Å². The third-order valence-electron chi connectivity index (χ3n) is 3.75. The van der Waals surface area contributed by atoms with E-state index in [-0.39, 0.29) is 11.6 Å². The number of carbonyl (C=O) groups is 1. The summed E-state index contributed by atoms with van der Waals surface area (Å²) in [5, 5.41) is 15.5. The highest BCUT2D eigenvalue weighted by Gasteiger charge is 2.51. The van der Waals surface area contributed by atoms with Gasteiger partial charge in [0.25, 0.3) is 0 Å². The van der Waals surface area contributed by atoms with Crippen molar-refractivity contribution in [2.75, 3.05) is 11.9 Å². The molecule has 0 heterocycles. The van der Waals surface area contributed by atoms with Crippen LogP contribution in [0.4, 0.5) is 23.7 Å². The number of amides is 1. The first-order valence-electron chi connectivity index (χ1n) is 8.39. The zero-order chi connectivity index (χ0) is 20.2. The van der Waals surface area contributed by atoms with E-state index in [1.807, 2.05) is 6.92 Å². The third kappa shape index (κ3) is 6.40. The van der Waals surface area contributed by atoms with E-state index in [4.69, 9.17) is 4.74 Å². The maximum absolute atomic E-state index is 12.9. The standard InChI is InChI=1S/C18H27F3N2O3/c1-6-13(11-22-15(24)26-16(2,3)4)23-14-9-7-12(8-10-14)17(5,25)18(19,20)21/h7-10,13,23,25H,6,11H2,1-5H3,(H,22,24). The zero-order valence-corrected chi connectivity index (χ0v) is 15.7. The van der Waals surface area contributed by atoms with Crippen LogP contribution in [0.25, 0.3) is 0 Å². The summed E-state index contributed by atoms with van der Waals surface area (Å²) >= 11 is 0. The molecular weight excluding hydrogens is 349 g/mol. The summed E-state index contributed by atoms with van der Waals surface area (Å²) in [5.74, 6) is 0. The van der Waals surface area contributed by atoms with Crippen LogP contribution in [-0.4, -0.2) is 35.6 Å². The summed E-state index contributed by atoms with van der Waals surface area (Å²) in [6, 6.07) is 5.25. The van der Waals surface area contributed by atoms with Gasteiger partial charge in [0.1, 0.15) is 5.60 Å². The number of alkyl halides is 3. The first-order chi connectivity index (χ1) is 11.8. The molecule has 0 aliphatic carbocycles. The van der Waals surface area contributed by atoms with Gasteiger partial charge in [-0.05, 0) is 51.8 Å². The summed E-state index contributed by atoms with van der Waals surface area (Å²) < 4.78 is 43.7. The highest BCUT2D eigenvalue weighted by atomic mass is 19.4. The second-order valence-electron chi connectivity index (χ2n) is 7.28. The fraction of sp³-hybridized carbons (Fsp3) is 0.611. The van der Waals surface area contributed by atoms with Crippen LogP contribution in [0.2, 0.25) is 0 Å². The number of halogens is 3. The molecule has 2 atom stereocenters. The van der Waals surface area contributed by atoms with Gasteiger partial charge in [0.15, 0.2) is 5.60 Å². The van der Waals surface area contributed by atoms with Crippen LogP contribution in [0.3, 0.4) is 0 Å². The molecule has 0 aromatic heterocycles. The Morgan fingerprint density at radius 3 is 2.12 bits per heavy atom. The second-order valence-corrected chi connectivity index (χ2v) is 7.28. The summed E-state index contributed by atoms with van der Waals surface area (Å²) in [6.45, 7) is 8.22. The molecule has 1 aromatic rings. The third-order valence-corrected chi connectivity index (χ3v) is 3.75. The van der Waals surface area contributed by atoms with Gasteiger partial charge in [-0.25, -0.2) is 4.79 Å². The Bertz CT molecular complexity index is 593. The predicted molar refractivity (Wildman–Crippen MR) is 94.0 cm³/mol. The topological polar surface area (TPSA) is 70.6 Å². The van der Waals surface area contributed by atoms with Crippen LogP contribution in [0, 0.1) is 0 Å². The fourth-order valence-corrected chi connectivity index (χ4v) is 2.11. The van der Waals surface area contributed by atoms with Gasteiger partial charge < -0.3 is 20.5 Å². The average molecular weight is 376 g/mol. The fourth-order valence-electron chi connectivity index (χ4n) is 2.11. The van der Waals surface area contributed by atoms with Crippen molar-refractivity contribution in [2.24, 2.45) is 0 Å². The number of alkyl carbamates (subject to hydrolysis) is 1. The van der Waals surface area contributed by atoms with E-state index in [1.165, 1.54) is 24.3 Å². The van der Waals surface area contributed by atoms with Crippen LogP contribution >= 0.6 is 0 Å². The molecule has 3 N–H and O–H groups in total. The van der Waals surface area contributed by atoms with Crippen molar-refractivity contribution in [3.63, 3.8) is 0 Å². The smallest absolute Gasteiger partial charge is 0.421 e. The van der Waals surface area contributed by atoms with E-state index in [9.17, 15) is 23.1 Å². The summed E-state index contributed by atoms with van der Waals surface area (Å²) in [5.41, 5.74) is -3.15. The number of carbonyl (C=O) groups excluding carboxylic acids is 1. The monoisotopic (exact) mass is 376 g/mol. The van der Waals surface area contributed by atoms with Gasteiger partial charge in [0, 0.05) is 18.3 Å². The highest BCUT2D eigenvalue weighted by Crippen LogP contribution is 2.38. The molecule has 0 spiro atoms. The Hall–Kier alpha value is -1.96. The Kier molecular flexibility index (Phi) is 6.93. The van der Waals surface area contributed by atoms with E-state index >= 15 is 0 Å². The maximum atomic E-state index is 12.9. The molecular formula is C18H27F3N2O3. The van der Waals surface area contributed by atoms with Gasteiger partial charge in [-0.2, -0.15) is 13.2 Å². The Balaban J connectivity index is 2.68. The number of rotatable bonds is 6. The molecule has 0 aliphatic heterocycles. The van der Waals surface area contributed by atoms with Crippen molar-refractivity contribution in [2.45, 2.75) is 64.5 Å². The molecule has 1 amide bonds. The molecule has 148 valence electrons. The molecule has 1 rings (SSSR count). The minimum Gasteiger partial charge on any atom is -0.444 e. The van der Waals surface area contributed by atoms with Crippen LogP contribution in [0.1, 0.15) is 46.6 Å². The van der Waals surface area contributed by atoms with Crippen molar-refractivity contribution in [3.8, 4) is 0 Å². The molecule has 26 heavy (non-hydrogen) atoms. The zero-order valence-electron chi connectivity index (χ0n) is 15.7. The second kappa shape index (κ2) is 8.16. The molecule has 0 saturated heterocycles. The quantitative estimate of drug-likeness (QED) is 0.697. The van der Waals surface area contributed by atoms with Crippen molar-refractivity contribution in [3.05, 3.63) is 29.8 Å². The van der Waals surface area contributed by atoms with Gasteiger partial charge in [-0.3, -0.25) is 0 Å². The minimum atomic E-state index is -4.76. The number of nitrogens with one attached hydrogen (secondary N) is 2. The summed E-state index contributed by atoms with van der Waals surface area (Å²) in [4.78, 5) is 11.7. The maximum Gasteiger partial charge on any atom is 0.421 e. The lowest BCUT2D eigenvalue weighted by Crippen LogP contribution is -2.39. The van der Waals surface area contributed by atoms with Crippen molar-refractivity contribution in [1.29, 1.82) is 0 Å². The van der Waals surface area contributed by atoms with Gasteiger partial charge in [-0.1, -0.05) is 19.1 Å². The first-order valence-corrected chi connectivity index (χ1v) is 8.39. The Morgan fingerprint density at radius 2 is 1.69 bits per heavy atom. The lowest BCUT2D eigenvalue weighted by molar-refractivity contribution is -0.258. The molecule has 5 nitrogen and oxygen atoms in total. The number of ether oxygens (including phenoxy) is 1. The molecule has 0 bridgehead atoms. The van der Waals surface area contributed by atoms with Crippen LogP contribution in [0.15, 0.2) is 24.3 Å². The number of benzene rings is 1. The van der Waals surface area contributed by atoms with E-state index in [0.29, 0.717) is 18.7 Å². The van der Waals surface area contributed by atoms with E-state index in [0.717, 1.165) is 6.92 Å². The van der Waals surface area contributed by atoms with Gasteiger partial charge in [-0.15, -0.1) is 0 Å². The molecule has 1 aromatic carbocycles. The number of anilines is 1. The Morgan fingerprint density at radius 1 is 1.15 bits per heavy atom. The van der Waals surface area contributed by atoms with E-state index < -0.39 is 23.5 Å². The molecule has 0 radical (unpaired) electrons. The van der Waals surface area contributed by atoms with E-state index in [2.05, 4.69) is 10.6 Å². The number of aliphatic hydroxyl groups is 1. The highest BCUT2D eigenvalue weighted by molar-refractivity contribution is 5.67. The Labute approximate surface area is 151 Å². The molecule has 0 aliphatic rings. The lowest BCUT2D eigenvalue weighted by Gasteiger charge is -2.27. The van der Waals surface area contributed by atoms with Crippen LogP contribution in [-0.2, 0) is 10.3 Å². The molecule has 8 heteroatoms. The normalized spacial score (nSPS) is 15.7. The van der Waals surface area contributed by atoms with Crippen molar-refractivity contribution < 1.29 is 27.8 Å². The van der Waals surface area contributed by atoms with E-state index in [1.54, 1.807) is 20.8 Å². The molecule has 2 unspecified atom stereocenters. The van der Waals surface area contributed by atoms with Crippen molar-refractivity contribution in [1.82, 2.24) is 5.32 Å². The van der Waals surface area contributed by atoms with Gasteiger partial charge in [0.05, 0.1) is 0 Å². The number of hydrogen-bond acceptors (Lipinski definition) is 4. The summed E-state index contributed by atoms with van der Waals surface area (Å²) in [6.07, 6.45) is -4.61. The first kappa shape index (κ1) is 22.1. The van der Waals surface area contributed by atoms with Gasteiger partial charge >= 0.3 is 12.3 Å². The predicted octanol–water partition coefficient (Wildman–Crippen LogP) is 4.17. The average Bonchev–Trinajstić information content (AvgIpc) is 2.49. The van der Waals surface area contributed by atoms with Gasteiger partial charge in [0.2, 0.25) is 0 Å². The largest absolute Gasteiger partial charge is 0.444 e. The minimum absolute atomic E-state index is 0.128. The van der Waals surface area contributed by atoms with Crippen molar-refractivity contribution >= 4 is 11.8 Å². The van der Waals surface area contributed by atoms with Crippen LogP contribution < -0.4 is 10.6 Å². The SMILES string of the molecule is CCC(CNC(=O)OC(C)(C)C)Nc1ccc(C(C)(O)C(F)(F)F)cc1.